The average molecular weight is 166 g/mol. The van der Waals surface area contributed by atoms with Crippen molar-refractivity contribution in [2.75, 3.05) is 0 Å². The Bertz CT molecular complexity index is 268. The Morgan fingerprint density at radius 1 is 1.20 bits per heavy atom. The molecule has 0 heterocycles. The van der Waals surface area contributed by atoms with E-state index < -0.39 is 0 Å². The maximum absolute atomic E-state index is 4.76. The number of benzene rings is 1. The van der Waals surface area contributed by atoms with Gasteiger partial charge < -0.3 is 0 Å². The van der Waals surface area contributed by atoms with Crippen LogP contribution in [0.5, 0.6) is 0 Å². The molecule has 0 spiro atoms. The van der Waals surface area contributed by atoms with Gasteiger partial charge >= 0.3 is 0 Å². The van der Waals surface area contributed by atoms with Crippen molar-refractivity contribution < 1.29 is 0 Å². The van der Waals surface area contributed by atoms with E-state index in [9.17, 15) is 0 Å². The molecule has 0 aliphatic carbocycles. The van der Waals surface area contributed by atoms with Crippen LogP contribution < -0.4 is 0 Å². The van der Waals surface area contributed by atoms with E-state index in [-0.39, 0.29) is 7.36 Å². The van der Waals surface area contributed by atoms with E-state index in [0.717, 1.165) is 5.56 Å². The van der Waals surface area contributed by atoms with Crippen LogP contribution in [0.4, 0.5) is 0 Å². The summed E-state index contributed by atoms with van der Waals surface area (Å²) in [7, 11) is -0.101. The summed E-state index contributed by atoms with van der Waals surface area (Å²) in [5.74, 6) is 2.98. The smallest absolute Gasteiger partial charge is 0.0248 e. The highest BCUT2D eigenvalue weighted by molar-refractivity contribution is 7.98. The van der Waals surface area contributed by atoms with Gasteiger partial charge in [0, 0.05) is 12.9 Å². The van der Waals surface area contributed by atoms with Crippen LogP contribution in [0.2, 0.25) is 0 Å². The molecular weight excluding hydrogens is 159 g/mol. The Labute approximate surface area is 67.1 Å². The van der Waals surface area contributed by atoms with Gasteiger partial charge in [-0.15, -0.1) is 0 Å². The minimum atomic E-state index is -0.101. The van der Waals surface area contributed by atoms with Crippen LogP contribution in [0.1, 0.15) is 5.56 Å². The highest BCUT2D eigenvalue weighted by atomic mass is 32.4. The molecule has 0 N–H and O–H groups in total. The predicted octanol–water partition coefficient (Wildman–Crippen LogP) is 1.87. The van der Waals surface area contributed by atoms with E-state index >= 15 is 0 Å². The standard InChI is InChI=1S/C8H7PS/c10-9-7-6-8-4-2-1-3-5-8/h1-5H,9H2. The molecule has 1 aromatic carbocycles. The number of hydrogen-bond donors (Lipinski definition) is 0. The molecular formula is C8H7PS. The van der Waals surface area contributed by atoms with Crippen molar-refractivity contribution in [3.63, 3.8) is 0 Å². The first-order valence-electron chi connectivity index (χ1n) is 2.94. The summed E-state index contributed by atoms with van der Waals surface area (Å²) in [6, 6.07) is 9.89. The minimum Gasteiger partial charge on any atom is -0.0905 e. The Balaban J connectivity index is 2.86. The van der Waals surface area contributed by atoms with Crippen molar-refractivity contribution in [2.24, 2.45) is 0 Å². The third kappa shape index (κ3) is 2.35. The Kier molecular flexibility index (Phi) is 3.22. The lowest BCUT2D eigenvalue weighted by atomic mass is 10.2. The van der Waals surface area contributed by atoms with Crippen LogP contribution >= 0.6 is 7.36 Å². The fourth-order valence-corrected chi connectivity index (χ4v) is 1.04. The van der Waals surface area contributed by atoms with E-state index in [1.54, 1.807) is 0 Å². The zero-order chi connectivity index (χ0) is 7.23. The SMILES string of the molecule is S=[PH2]C#Cc1ccccc1. The first-order chi connectivity index (χ1) is 4.93. The molecule has 0 fully saturated rings. The molecule has 2 heteroatoms. The second-order valence-corrected chi connectivity index (χ2v) is 2.98. The molecule has 0 radical (unpaired) electrons. The molecule has 1 aromatic rings. The summed E-state index contributed by atoms with van der Waals surface area (Å²) in [4.78, 5) is 0. The molecule has 0 saturated heterocycles. The largest absolute Gasteiger partial charge is 0.0905 e. The van der Waals surface area contributed by atoms with Crippen LogP contribution in [0.25, 0.3) is 0 Å². The second kappa shape index (κ2) is 4.28. The summed E-state index contributed by atoms with van der Waals surface area (Å²) in [6.07, 6.45) is 0. The van der Waals surface area contributed by atoms with Crippen molar-refractivity contribution >= 4 is 19.2 Å². The zero-order valence-corrected chi connectivity index (χ0v) is 7.34. The maximum Gasteiger partial charge on any atom is 0.0248 e. The molecule has 50 valence electrons. The van der Waals surface area contributed by atoms with Gasteiger partial charge in [0.1, 0.15) is 0 Å². The fourth-order valence-electron chi connectivity index (χ4n) is 0.634. The van der Waals surface area contributed by atoms with Crippen LogP contribution in [0.3, 0.4) is 0 Å². The molecule has 0 aliphatic rings. The van der Waals surface area contributed by atoms with Gasteiger partial charge in [-0.3, -0.25) is 0 Å². The summed E-state index contributed by atoms with van der Waals surface area (Å²) in [6.45, 7) is 0. The van der Waals surface area contributed by atoms with Crippen LogP contribution in [0, 0.1) is 11.6 Å². The van der Waals surface area contributed by atoms with Crippen LogP contribution in [0.15, 0.2) is 30.3 Å². The Morgan fingerprint density at radius 3 is 2.50 bits per heavy atom. The summed E-state index contributed by atoms with van der Waals surface area (Å²) in [5.41, 5.74) is 3.97. The van der Waals surface area contributed by atoms with E-state index in [1.807, 2.05) is 30.3 Å². The fraction of sp³-hybridized carbons (Fsp3) is 0. The van der Waals surface area contributed by atoms with E-state index in [4.69, 9.17) is 11.8 Å². The first kappa shape index (κ1) is 7.54. The predicted molar refractivity (Wildman–Crippen MR) is 50.4 cm³/mol. The molecule has 0 amide bonds. The van der Waals surface area contributed by atoms with E-state index in [0.29, 0.717) is 0 Å². The molecule has 1 rings (SSSR count). The molecule has 0 saturated carbocycles. The minimum absolute atomic E-state index is 0.101. The van der Waals surface area contributed by atoms with Crippen molar-refractivity contribution in [3.05, 3.63) is 35.9 Å². The lowest BCUT2D eigenvalue weighted by molar-refractivity contribution is 1.65. The van der Waals surface area contributed by atoms with Crippen molar-refractivity contribution in [1.82, 2.24) is 0 Å². The molecule has 10 heavy (non-hydrogen) atoms. The van der Waals surface area contributed by atoms with Crippen LogP contribution in [-0.2, 0) is 11.8 Å². The third-order valence-electron chi connectivity index (χ3n) is 1.05. The Hall–Kier alpha value is -0.570. The Morgan fingerprint density at radius 2 is 1.90 bits per heavy atom. The number of hydrogen-bond acceptors (Lipinski definition) is 1. The molecule has 0 aliphatic heterocycles. The maximum atomic E-state index is 4.76. The van der Waals surface area contributed by atoms with Gasteiger partial charge in [-0.05, 0) is 12.1 Å². The number of rotatable bonds is 0. The molecule has 0 nitrogen and oxygen atoms in total. The van der Waals surface area contributed by atoms with Gasteiger partial charge in [-0.1, -0.05) is 41.6 Å². The lowest BCUT2D eigenvalue weighted by Crippen LogP contribution is -1.67. The van der Waals surface area contributed by atoms with Crippen LogP contribution in [-0.4, -0.2) is 0 Å². The van der Waals surface area contributed by atoms with Gasteiger partial charge in [-0.2, -0.15) is 0 Å². The first-order valence-corrected chi connectivity index (χ1v) is 5.40. The van der Waals surface area contributed by atoms with Gasteiger partial charge in [0.25, 0.3) is 0 Å². The zero-order valence-electron chi connectivity index (χ0n) is 5.37. The topological polar surface area (TPSA) is 0 Å². The molecule has 1 atom stereocenters. The average Bonchev–Trinajstić information content (AvgIpc) is 2.03. The van der Waals surface area contributed by atoms with Crippen molar-refractivity contribution in [3.8, 4) is 11.6 Å². The van der Waals surface area contributed by atoms with Gasteiger partial charge in [-0.25, -0.2) is 0 Å². The molecule has 1 unspecified atom stereocenters. The third-order valence-corrected chi connectivity index (χ3v) is 1.66. The van der Waals surface area contributed by atoms with Gasteiger partial charge in [0.05, 0.1) is 0 Å². The highest BCUT2D eigenvalue weighted by Crippen LogP contribution is 1.96. The van der Waals surface area contributed by atoms with E-state index in [2.05, 4.69) is 11.6 Å². The normalized spacial score (nSPS) is 9.20. The summed E-state index contributed by atoms with van der Waals surface area (Å²) in [5, 5.41) is 0. The summed E-state index contributed by atoms with van der Waals surface area (Å²) < 4.78 is 0. The van der Waals surface area contributed by atoms with Crippen molar-refractivity contribution in [1.29, 1.82) is 0 Å². The molecule has 0 aromatic heterocycles. The monoisotopic (exact) mass is 166 g/mol. The summed E-state index contributed by atoms with van der Waals surface area (Å²) >= 11 is 4.76. The molecule has 0 bridgehead atoms. The highest BCUT2D eigenvalue weighted by Gasteiger charge is 1.78. The van der Waals surface area contributed by atoms with Crippen molar-refractivity contribution in [2.45, 2.75) is 0 Å². The second-order valence-electron chi connectivity index (χ2n) is 1.75. The quantitative estimate of drug-likeness (QED) is 0.419. The van der Waals surface area contributed by atoms with Gasteiger partial charge in [0.2, 0.25) is 0 Å². The van der Waals surface area contributed by atoms with Gasteiger partial charge in [0.15, 0.2) is 0 Å². The van der Waals surface area contributed by atoms with E-state index in [1.165, 1.54) is 0 Å². The lowest BCUT2D eigenvalue weighted by Gasteiger charge is -1.83.